The maximum Gasteiger partial charge on any atom is 0.114 e. The molecule has 2 nitrogen and oxygen atoms in total. The Hall–Kier alpha value is -6.06. The molecule has 49 heavy (non-hydrogen) atoms. The molecule has 3 heteroatoms. The van der Waals surface area contributed by atoms with Crippen LogP contribution in [0.1, 0.15) is 11.5 Å². The number of hydrogen-bond acceptors (Lipinski definition) is 2. The second-order valence-corrected chi connectivity index (χ2v) is 12.8. The SMILES string of the molecule is [B]c1ccc(-c2ccc(N(c3ccc(-c4ccccc4)cc3)c3ccc4c(c3)C3C=CC=CC3N4c3ccccc3)cc2)c2ccccc12. The van der Waals surface area contributed by atoms with E-state index in [2.05, 4.69) is 186 Å². The Morgan fingerprint density at radius 3 is 1.82 bits per heavy atom. The Morgan fingerprint density at radius 2 is 1.08 bits per heavy atom. The largest absolute Gasteiger partial charge is 0.333 e. The molecular formula is C46H33BN2. The van der Waals surface area contributed by atoms with Crippen molar-refractivity contribution in [3.05, 3.63) is 194 Å². The van der Waals surface area contributed by atoms with Crippen LogP contribution in [0.5, 0.6) is 0 Å². The van der Waals surface area contributed by atoms with E-state index in [1.54, 1.807) is 0 Å². The van der Waals surface area contributed by atoms with E-state index in [1.165, 1.54) is 33.6 Å². The lowest BCUT2D eigenvalue weighted by Crippen LogP contribution is -2.28. The minimum Gasteiger partial charge on any atom is -0.333 e. The number of para-hydroxylation sites is 1. The van der Waals surface area contributed by atoms with Gasteiger partial charge in [0.05, 0.1) is 6.04 Å². The smallest absolute Gasteiger partial charge is 0.114 e. The van der Waals surface area contributed by atoms with E-state index in [9.17, 15) is 0 Å². The van der Waals surface area contributed by atoms with Crippen molar-refractivity contribution >= 4 is 52.5 Å². The molecule has 0 spiro atoms. The second kappa shape index (κ2) is 12.2. The fourth-order valence-electron chi connectivity index (χ4n) is 7.60. The van der Waals surface area contributed by atoms with Gasteiger partial charge in [0.1, 0.15) is 7.85 Å². The van der Waals surface area contributed by atoms with Gasteiger partial charge >= 0.3 is 0 Å². The van der Waals surface area contributed by atoms with Gasteiger partial charge in [-0.25, -0.2) is 0 Å². The number of hydrogen-bond donors (Lipinski definition) is 0. The highest BCUT2D eigenvalue weighted by atomic mass is 15.2. The van der Waals surface area contributed by atoms with Gasteiger partial charge in [-0.2, -0.15) is 0 Å². The van der Waals surface area contributed by atoms with Crippen molar-refractivity contribution in [3.63, 3.8) is 0 Å². The molecule has 1 aliphatic heterocycles. The highest BCUT2D eigenvalue weighted by Gasteiger charge is 2.37. The normalized spacial score (nSPS) is 16.0. The molecule has 1 heterocycles. The zero-order chi connectivity index (χ0) is 32.7. The maximum absolute atomic E-state index is 6.35. The van der Waals surface area contributed by atoms with Crippen LogP contribution in [-0.4, -0.2) is 13.9 Å². The van der Waals surface area contributed by atoms with Gasteiger partial charge in [-0.15, -0.1) is 0 Å². The Bertz CT molecular complexity index is 2340. The molecule has 0 fully saturated rings. The minimum absolute atomic E-state index is 0.241. The first-order chi connectivity index (χ1) is 24.2. The highest BCUT2D eigenvalue weighted by Crippen LogP contribution is 2.50. The molecule has 9 rings (SSSR count). The lowest BCUT2D eigenvalue weighted by molar-refractivity contribution is 0.745. The van der Waals surface area contributed by atoms with Gasteiger partial charge < -0.3 is 9.80 Å². The first kappa shape index (κ1) is 29.1. The van der Waals surface area contributed by atoms with Crippen LogP contribution in [0.4, 0.5) is 28.4 Å². The third kappa shape index (κ3) is 5.15. The number of allylic oxidation sites excluding steroid dienone is 2. The number of benzene rings is 7. The molecule has 230 valence electrons. The van der Waals surface area contributed by atoms with Gasteiger partial charge in [-0.3, -0.25) is 0 Å². The van der Waals surface area contributed by atoms with E-state index >= 15 is 0 Å². The highest BCUT2D eigenvalue weighted by molar-refractivity contribution is 6.39. The van der Waals surface area contributed by atoms with Crippen molar-refractivity contribution < 1.29 is 0 Å². The van der Waals surface area contributed by atoms with Crippen LogP contribution in [0.2, 0.25) is 0 Å². The number of nitrogens with zero attached hydrogens (tertiary/aromatic N) is 2. The Balaban J connectivity index is 1.16. The van der Waals surface area contributed by atoms with E-state index < -0.39 is 0 Å². The molecule has 1 aliphatic carbocycles. The third-order valence-electron chi connectivity index (χ3n) is 9.95. The molecule has 0 saturated heterocycles. The van der Waals surface area contributed by atoms with Gasteiger partial charge in [-0.05, 0) is 93.2 Å². The fourth-order valence-corrected chi connectivity index (χ4v) is 7.60. The summed E-state index contributed by atoms with van der Waals surface area (Å²) in [5, 5.41) is 2.24. The average molecular weight is 625 g/mol. The van der Waals surface area contributed by atoms with Crippen LogP contribution >= 0.6 is 0 Å². The fraction of sp³-hybridized carbons (Fsp3) is 0.0435. The van der Waals surface area contributed by atoms with Crippen LogP contribution in [0.3, 0.4) is 0 Å². The minimum atomic E-state index is 0.241. The number of anilines is 5. The zero-order valence-electron chi connectivity index (χ0n) is 27.0. The van der Waals surface area contributed by atoms with Crippen molar-refractivity contribution in [2.45, 2.75) is 12.0 Å². The molecule has 2 radical (unpaired) electrons. The summed E-state index contributed by atoms with van der Waals surface area (Å²) in [4.78, 5) is 4.86. The molecule has 0 aromatic heterocycles. The first-order valence-corrected chi connectivity index (χ1v) is 16.9. The first-order valence-electron chi connectivity index (χ1n) is 16.9. The summed E-state index contributed by atoms with van der Waals surface area (Å²) in [5.41, 5.74) is 12.7. The van der Waals surface area contributed by atoms with Crippen molar-refractivity contribution in [2.75, 3.05) is 9.80 Å². The van der Waals surface area contributed by atoms with Crippen LogP contribution in [0.25, 0.3) is 33.0 Å². The van der Waals surface area contributed by atoms with E-state index in [0.717, 1.165) is 38.9 Å². The van der Waals surface area contributed by atoms with E-state index in [-0.39, 0.29) is 12.0 Å². The van der Waals surface area contributed by atoms with Crippen molar-refractivity contribution in [2.24, 2.45) is 0 Å². The standard InChI is InChI=1S/C46H33BN2/c47-44-29-28-39(40-15-7-8-16-41(40)44)34-21-25-37(26-22-34)48(36-23-19-33(20-24-36)32-11-3-1-4-12-32)38-27-30-46-43(31-38)42-17-9-10-18-45(42)49(46)35-13-5-2-6-14-35/h1-31,42,45H. The maximum atomic E-state index is 6.35. The van der Waals surface area contributed by atoms with Crippen LogP contribution in [0, 0.1) is 0 Å². The molecule has 0 amide bonds. The lowest BCUT2D eigenvalue weighted by Gasteiger charge is -2.28. The summed E-state index contributed by atoms with van der Waals surface area (Å²) < 4.78 is 0. The topological polar surface area (TPSA) is 6.48 Å². The lowest BCUT2D eigenvalue weighted by atomic mass is 9.86. The van der Waals surface area contributed by atoms with E-state index in [4.69, 9.17) is 7.85 Å². The quantitative estimate of drug-likeness (QED) is 0.170. The molecule has 0 saturated carbocycles. The van der Waals surface area contributed by atoms with Gasteiger partial charge in [-0.1, -0.05) is 139 Å². The monoisotopic (exact) mass is 624 g/mol. The summed E-state index contributed by atoms with van der Waals surface area (Å²) in [6, 6.07) is 58.9. The van der Waals surface area contributed by atoms with Crippen molar-refractivity contribution in [3.8, 4) is 22.3 Å². The summed E-state index contributed by atoms with van der Waals surface area (Å²) in [6.07, 6.45) is 9.04. The molecule has 2 unspecified atom stereocenters. The summed E-state index contributed by atoms with van der Waals surface area (Å²) in [6.45, 7) is 0. The Labute approximate surface area is 289 Å². The molecule has 0 bridgehead atoms. The molecular weight excluding hydrogens is 591 g/mol. The summed E-state index contributed by atoms with van der Waals surface area (Å²) in [7, 11) is 6.35. The summed E-state index contributed by atoms with van der Waals surface area (Å²) >= 11 is 0. The van der Waals surface area contributed by atoms with Gasteiger partial charge in [0.2, 0.25) is 0 Å². The molecule has 7 aromatic carbocycles. The Kier molecular flexibility index (Phi) is 7.24. The molecule has 0 N–H and O–H groups in total. The van der Waals surface area contributed by atoms with Crippen LogP contribution < -0.4 is 15.3 Å². The number of rotatable bonds is 6. The average Bonchev–Trinajstić information content (AvgIpc) is 3.50. The van der Waals surface area contributed by atoms with Crippen molar-refractivity contribution in [1.82, 2.24) is 0 Å². The zero-order valence-corrected chi connectivity index (χ0v) is 27.0. The molecule has 2 atom stereocenters. The third-order valence-corrected chi connectivity index (χ3v) is 9.95. The van der Waals surface area contributed by atoms with Gasteiger partial charge in [0, 0.05) is 34.4 Å². The molecule has 2 aliphatic rings. The molecule has 7 aromatic rings. The van der Waals surface area contributed by atoms with E-state index in [1.807, 2.05) is 12.1 Å². The second-order valence-electron chi connectivity index (χ2n) is 12.8. The van der Waals surface area contributed by atoms with Crippen LogP contribution in [0.15, 0.2) is 188 Å². The number of fused-ring (bicyclic) bond motifs is 4. The van der Waals surface area contributed by atoms with Gasteiger partial charge in [0.15, 0.2) is 0 Å². The Morgan fingerprint density at radius 1 is 0.490 bits per heavy atom. The predicted molar refractivity (Wildman–Crippen MR) is 208 cm³/mol. The van der Waals surface area contributed by atoms with Crippen LogP contribution in [-0.2, 0) is 0 Å². The van der Waals surface area contributed by atoms with E-state index in [0.29, 0.717) is 0 Å². The predicted octanol–water partition coefficient (Wildman–Crippen LogP) is 11.2. The van der Waals surface area contributed by atoms with Gasteiger partial charge in [0.25, 0.3) is 0 Å². The van der Waals surface area contributed by atoms with Crippen molar-refractivity contribution in [1.29, 1.82) is 0 Å². The summed E-state index contributed by atoms with van der Waals surface area (Å²) in [5.74, 6) is 0.267.